The Kier molecular flexibility index (Phi) is 3.24. The molecule has 0 bridgehead atoms. The minimum atomic E-state index is -4.57. The van der Waals surface area contributed by atoms with Crippen molar-refractivity contribution in [2.45, 2.75) is 32.9 Å². The van der Waals surface area contributed by atoms with Crippen LogP contribution in [0.3, 0.4) is 0 Å². The average molecular weight is 333 g/mol. The van der Waals surface area contributed by atoms with Gasteiger partial charge in [0.1, 0.15) is 0 Å². The van der Waals surface area contributed by atoms with Gasteiger partial charge in [-0.2, -0.15) is 22.8 Å². The number of nitrogens with zero attached hydrogens (tertiary/aromatic N) is 5. The summed E-state index contributed by atoms with van der Waals surface area (Å²) < 4.78 is 39.2. The van der Waals surface area contributed by atoms with Crippen molar-refractivity contribution < 1.29 is 13.2 Å². The second-order valence-corrected chi connectivity index (χ2v) is 6.88. The zero-order valence-electron chi connectivity index (χ0n) is 11.3. The minimum Gasteiger partial charge on any atom is -0.246 e. The van der Waals surface area contributed by atoms with E-state index in [1.54, 1.807) is 0 Å². The largest absolute Gasteiger partial charge is 0.453 e. The number of aryl methyl sites for hydroxylation is 1. The highest BCUT2D eigenvalue weighted by Gasteiger charge is 2.38. The molecule has 0 unspecified atom stereocenters. The number of thiazole rings is 1. The molecular formula is C11H10F3N5S2. The quantitative estimate of drug-likeness (QED) is 0.716. The fourth-order valence-corrected chi connectivity index (χ4v) is 3.86. The van der Waals surface area contributed by atoms with E-state index in [0.717, 1.165) is 31.4 Å². The summed E-state index contributed by atoms with van der Waals surface area (Å²) in [7, 11) is 0. The molecule has 0 aliphatic rings. The SMILES string of the molecule is Cc1nc(C(C)C)c(-c2nn3c(C(F)(F)F)nnc3s2)s1. The van der Waals surface area contributed by atoms with E-state index in [1.807, 2.05) is 20.8 Å². The van der Waals surface area contributed by atoms with E-state index in [-0.39, 0.29) is 10.9 Å². The highest BCUT2D eigenvalue weighted by Crippen LogP contribution is 2.37. The van der Waals surface area contributed by atoms with Gasteiger partial charge in [0.2, 0.25) is 4.96 Å². The first-order chi connectivity index (χ1) is 9.77. The lowest BCUT2D eigenvalue weighted by Crippen LogP contribution is -2.11. The fraction of sp³-hybridized carbons (Fsp3) is 0.455. The maximum Gasteiger partial charge on any atom is 0.453 e. The van der Waals surface area contributed by atoms with Crippen LogP contribution in [0.2, 0.25) is 0 Å². The number of hydrogen-bond donors (Lipinski definition) is 0. The molecule has 112 valence electrons. The van der Waals surface area contributed by atoms with Gasteiger partial charge in [-0.05, 0) is 12.8 Å². The lowest BCUT2D eigenvalue weighted by atomic mass is 10.1. The Morgan fingerprint density at radius 3 is 2.48 bits per heavy atom. The van der Waals surface area contributed by atoms with Gasteiger partial charge in [0.25, 0.3) is 5.82 Å². The summed E-state index contributed by atoms with van der Waals surface area (Å²) in [6.45, 7) is 5.83. The monoisotopic (exact) mass is 333 g/mol. The Bertz CT molecular complexity index is 799. The molecular weight excluding hydrogens is 323 g/mol. The Hall–Kier alpha value is -1.55. The minimum absolute atomic E-state index is 0.123. The van der Waals surface area contributed by atoms with Gasteiger partial charge in [0.15, 0.2) is 5.01 Å². The first kappa shape index (κ1) is 14.4. The van der Waals surface area contributed by atoms with Gasteiger partial charge in [0.05, 0.1) is 15.6 Å². The average Bonchev–Trinajstić information content (AvgIpc) is 2.97. The summed E-state index contributed by atoms with van der Waals surface area (Å²) in [5, 5.41) is 12.1. The summed E-state index contributed by atoms with van der Waals surface area (Å²) in [6.07, 6.45) is -4.57. The van der Waals surface area contributed by atoms with E-state index in [1.165, 1.54) is 11.3 Å². The third-order valence-corrected chi connectivity index (χ3v) is 4.78. The zero-order valence-corrected chi connectivity index (χ0v) is 12.9. The van der Waals surface area contributed by atoms with E-state index >= 15 is 0 Å². The molecule has 0 aliphatic heterocycles. The maximum atomic E-state index is 12.8. The molecule has 0 radical (unpaired) electrons. The Morgan fingerprint density at radius 2 is 1.86 bits per heavy atom. The molecule has 21 heavy (non-hydrogen) atoms. The van der Waals surface area contributed by atoms with E-state index < -0.39 is 12.0 Å². The van der Waals surface area contributed by atoms with Crippen molar-refractivity contribution in [3.8, 4) is 9.88 Å². The standard InChI is InChI=1S/C11H10F3N5S2/c1-4(2)6-7(20-5(3)15-6)8-18-19-9(11(12,13)14)16-17-10(19)21-8/h4H,1-3H3. The van der Waals surface area contributed by atoms with Crippen LogP contribution in [0.1, 0.15) is 36.3 Å². The highest BCUT2D eigenvalue weighted by molar-refractivity contribution is 7.24. The lowest BCUT2D eigenvalue weighted by Gasteiger charge is -2.02. The van der Waals surface area contributed by atoms with Crippen molar-refractivity contribution in [2.24, 2.45) is 0 Å². The molecule has 10 heteroatoms. The summed E-state index contributed by atoms with van der Waals surface area (Å²) in [5.74, 6) is -0.936. The number of aromatic nitrogens is 5. The van der Waals surface area contributed by atoms with Crippen molar-refractivity contribution in [1.29, 1.82) is 0 Å². The van der Waals surface area contributed by atoms with Gasteiger partial charge >= 0.3 is 6.18 Å². The Labute approximate surface area is 125 Å². The summed E-state index contributed by atoms with van der Waals surface area (Å²) >= 11 is 2.50. The molecule has 3 aromatic rings. The van der Waals surface area contributed by atoms with Crippen LogP contribution >= 0.6 is 22.7 Å². The number of rotatable bonds is 2. The maximum absolute atomic E-state index is 12.8. The second kappa shape index (κ2) is 4.73. The molecule has 0 aliphatic carbocycles. The van der Waals surface area contributed by atoms with Crippen molar-refractivity contribution in [3.05, 3.63) is 16.5 Å². The number of alkyl halides is 3. The van der Waals surface area contributed by atoms with Crippen LogP contribution in [-0.2, 0) is 6.18 Å². The summed E-state index contributed by atoms with van der Waals surface area (Å²) in [5.41, 5.74) is 0.844. The van der Waals surface area contributed by atoms with Crippen molar-refractivity contribution >= 4 is 27.6 Å². The van der Waals surface area contributed by atoms with E-state index in [0.29, 0.717) is 5.01 Å². The first-order valence-corrected chi connectivity index (χ1v) is 7.68. The normalized spacial score (nSPS) is 12.7. The molecule has 0 spiro atoms. The van der Waals surface area contributed by atoms with Crippen LogP contribution in [0.4, 0.5) is 13.2 Å². The molecule has 0 saturated heterocycles. The van der Waals surface area contributed by atoms with E-state index in [9.17, 15) is 13.2 Å². The van der Waals surface area contributed by atoms with E-state index in [2.05, 4.69) is 20.3 Å². The molecule has 0 fully saturated rings. The second-order valence-electron chi connectivity index (χ2n) is 4.72. The van der Waals surface area contributed by atoms with Crippen LogP contribution < -0.4 is 0 Å². The van der Waals surface area contributed by atoms with Crippen molar-refractivity contribution in [2.75, 3.05) is 0 Å². The molecule has 3 heterocycles. The van der Waals surface area contributed by atoms with Crippen LogP contribution in [0.5, 0.6) is 0 Å². The van der Waals surface area contributed by atoms with Crippen LogP contribution in [0.25, 0.3) is 14.8 Å². The van der Waals surface area contributed by atoms with Crippen LogP contribution in [0.15, 0.2) is 0 Å². The fourth-order valence-electron chi connectivity index (χ4n) is 1.87. The van der Waals surface area contributed by atoms with Crippen molar-refractivity contribution in [1.82, 2.24) is 24.8 Å². The van der Waals surface area contributed by atoms with Crippen LogP contribution in [0, 0.1) is 6.92 Å². The summed E-state index contributed by atoms with van der Waals surface area (Å²) in [4.78, 5) is 5.35. The topological polar surface area (TPSA) is 56.0 Å². The number of hydrogen-bond acceptors (Lipinski definition) is 6. The first-order valence-electron chi connectivity index (χ1n) is 6.04. The van der Waals surface area contributed by atoms with Crippen molar-refractivity contribution in [3.63, 3.8) is 0 Å². The van der Waals surface area contributed by atoms with E-state index in [4.69, 9.17) is 0 Å². The number of halogens is 3. The molecule has 5 nitrogen and oxygen atoms in total. The molecule has 0 atom stereocenters. The Morgan fingerprint density at radius 1 is 1.14 bits per heavy atom. The zero-order chi connectivity index (χ0) is 15.4. The van der Waals surface area contributed by atoms with Gasteiger partial charge in [-0.15, -0.1) is 21.5 Å². The highest BCUT2D eigenvalue weighted by atomic mass is 32.1. The van der Waals surface area contributed by atoms with Gasteiger partial charge in [-0.1, -0.05) is 25.2 Å². The third-order valence-electron chi connectivity index (χ3n) is 2.75. The molecule has 0 saturated carbocycles. The van der Waals surface area contributed by atoms with Crippen LogP contribution in [-0.4, -0.2) is 24.8 Å². The van der Waals surface area contributed by atoms with Gasteiger partial charge in [-0.3, -0.25) is 0 Å². The van der Waals surface area contributed by atoms with Gasteiger partial charge < -0.3 is 0 Å². The molecule has 3 rings (SSSR count). The molecule has 0 N–H and O–H groups in total. The predicted octanol–water partition coefficient (Wildman–Crippen LogP) is 3.76. The van der Waals surface area contributed by atoms with Gasteiger partial charge in [0, 0.05) is 0 Å². The Balaban J connectivity index is 2.16. The predicted molar refractivity (Wildman–Crippen MR) is 73.6 cm³/mol. The molecule has 0 aromatic carbocycles. The smallest absolute Gasteiger partial charge is 0.246 e. The molecule has 3 aromatic heterocycles. The third kappa shape index (κ3) is 2.42. The van der Waals surface area contributed by atoms with Gasteiger partial charge in [-0.25, -0.2) is 4.98 Å². The number of fused-ring (bicyclic) bond motifs is 1. The molecule has 0 amide bonds. The summed E-state index contributed by atoms with van der Waals surface area (Å²) in [6, 6.07) is 0. The lowest BCUT2D eigenvalue weighted by molar-refractivity contribution is -0.146.